The molecule has 0 aromatic heterocycles. The van der Waals surface area contributed by atoms with Crippen LogP contribution < -0.4 is 26.4 Å². The SMILES string of the molecule is CCOc1ccc(CC(NC(=O)CC)C(=O)NC(Cc2ccccc2)C(=O)NCc2ccc(CN)cc2)cc1. The standard InChI is InChI=1S/C31H38N4O4/c1-3-29(36)34-28(19-23-14-16-26(17-15-23)39-4-2)31(38)35-27(18-22-8-6-5-7-9-22)30(37)33-21-25-12-10-24(20-32)11-13-25/h5-17,27-28H,3-4,18-21,32H2,1-2H3,(H,33,37)(H,34,36)(H,35,38). The Morgan fingerprint density at radius 3 is 1.87 bits per heavy atom. The second-order valence-corrected chi connectivity index (χ2v) is 9.24. The summed E-state index contributed by atoms with van der Waals surface area (Å²) in [5.41, 5.74) is 9.37. The molecule has 0 bridgehead atoms. The fourth-order valence-corrected chi connectivity index (χ4v) is 4.07. The van der Waals surface area contributed by atoms with Gasteiger partial charge in [0.05, 0.1) is 6.61 Å². The van der Waals surface area contributed by atoms with E-state index in [4.69, 9.17) is 10.5 Å². The van der Waals surface area contributed by atoms with Gasteiger partial charge in [0.25, 0.3) is 0 Å². The van der Waals surface area contributed by atoms with Crippen LogP contribution in [0.5, 0.6) is 5.75 Å². The van der Waals surface area contributed by atoms with E-state index >= 15 is 0 Å². The van der Waals surface area contributed by atoms with Crippen LogP contribution in [0.4, 0.5) is 0 Å². The van der Waals surface area contributed by atoms with E-state index in [0.717, 1.165) is 28.0 Å². The maximum atomic E-state index is 13.5. The zero-order chi connectivity index (χ0) is 28.0. The molecule has 0 saturated heterocycles. The molecule has 3 aromatic rings. The number of amides is 3. The summed E-state index contributed by atoms with van der Waals surface area (Å²) >= 11 is 0. The van der Waals surface area contributed by atoms with Crippen molar-refractivity contribution >= 4 is 17.7 Å². The maximum absolute atomic E-state index is 13.5. The summed E-state index contributed by atoms with van der Waals surface area (Å²) < 4.78 is 5.50. The summed E-state index contributed by atoms with van der Waals surface area (Å²) in [6.45, 7) is 4.96. The molecule has 0 saturated carbocycles. The normalized spacial score (nSPS) is 12.2. The highest BCUT2D eigenvalue weighted by atomic mass is 16.5. The molecule has 0 spiro atoms. The fourth-order valence-electron chi connectivity index (χ4n) is 4.07. The van der Waals surface area contributed by atoms with Crippen molar-refractivity contribution in [1.29, 1.82) is 0 Å². The largest absolute Gasteiger partial charge is 0.494 e. The van der Waals surface area contributed by atoms with Crippen LogP contribution in [0, 0.1) is 0 Å². The predicted molar refractivity (Wildman–Crippen MR) is 152 cm³/mol. The molecule has 0 fully saturated rings. The van der Waals surface area contributed by atoms with Gasteiger partial charge in [-0.15, -0.1) is 0 Å². The third-order valence-corrected chi connectivity index (χ3v) is 6.29. The summed E-state index contributed by atoms with van der Waals surface area (Å²) in [7, 11) is 0. The van der Waals surface area contributed by atoms with Gasteiger partial charge in [-0.1, -0.05) is 73.7 Å². The first kappa shape index (κ1) is 29.4. The van der Waals surface area contributed by atoms with E-state index in [2.05, 4.69) is 16.0 Å². The van der Waals surface area contributed by atoms with E-state index in [-0.39, 0.29) is 24.7 Å². The van der Waals surface area contributed by atoms with Gasteiger partial charge >= 0.3 is 0 Å². The first-order valence-corrected chi connectivity index (χ1v) is 13.3. The molecule has 0 aliphatic heterocycles. The highest BCUT2D eigenvalue weighted by molar-refractivity contribution is 5.92. The minimum absolute atomic E-state index is 0.240. The van der Waals surface area contributed by atoms with E-state index < -0.39 is 18.0 Å². The molecule has 3 aromatic carbocycles. The van der Waals surface area contributed by atoms with Gasteiger partial charge in [-0.25, -0.2) is 0 Å². The van der Waals surface area contributed by atoms with Gasteiger partial charge in [0.15, 0.2) is 0 Å². The first-order valence-electron chi connectivity index (χ1n) is 13.3. The lowest BCUT2D eigenvalue weighted by molar-refractivity contribution is -0.132. The number of hydrogen-bond acceptors (Lipinski definition) is 5. The fraction of sp³-hybridized carbons (Fsp3) is 0.323. The Morgan fingerprint density at radius 1 is 0.718 bits per heavy atom. The van der Waals surface area contributed by atoms with E-state index in [1.807, 2.05) is 85.8 Å². The van der Waals surface area contributed by atoms with Gasteiger partial charge in [0.1, 0.15) is 17.8 Å². The zero-order valence-corrected chi connectivity index (χ0v) is 22.6. The number of hydrogen-bond donors (Lipinski definition) is 4. The molecule has 0 heterocycles. The topological polar surface area (TPSA) is 123 Å². The minimum Gasteiger partial charge on any atom is -0.494 e. The average Bonchev–Trinajstić information content (AvgIpc) is 2.97. The highest BCUT2D eigenvalue weighted by Crippen LogP contribution is 2.14. The van der Waals surface area contributed by atoms with Crippen molar-refractivity contribution in [2.75, 3.05) is 6.61 Å². The third-order valence-electron chi connectivity index (χ3n) is 6.29. The third kappa shape index (κ3) is 9.57. The van der Waals surface area contributed by atoms with Crippen LogP contribution in [0.1, 0.15) is 42.5 Å². The summed E-state index contributed by atoms with van der Waals surface area (Å²) in [6.07, 6.45) is 0.823. The molecule has 5 N–H and O–H groups in total. The smallest absolute Gasteiger partial charge is 0.243 e. The summed E-state index contributed by atoms with van der Waals surface area (Å²) in [5, 5.41) is 8.64. The number of rotatable bonds is 14. The molecule has 206 valence electrons. The molecule has 3 amide bonds. The molecule has 0 aliphatic carbocycles. The Kier molecular flexibility index (Phi) is 11.5. The van der Waals surface area contributed by atoms with Crippen LogP contribution in [-0.4, -0.2) is 36.4 Å². The van der Waals surface area contributed by atoms with Gasteiger partial charge in [-0.05, 0) is 41.3 Å². The van der Waals surface area contributed by atoms with Gasteiger partial charge < -0.3 is 26.4 Å². The van der Waals surface area contributed by atoms with E-state index in [0.29, 0.717) is 26.1 Å². The second kappa shape index (κ2) is 15.3. The van der Waals surface area contributed by atoms with Crippen LogP contribution in [0.15, 0.2) is 78.9 Å². The van der Waals surface area contributed by atoms with Crippen molar-refractivity contribution in [2.24, 2.45) is 5.73 Å². The highest BCUT2D eigenvalue weighted by Gasteiger charge is 2.27. The Bertz CT molecular complexity index is 1200. The van der Waals surface area contributed by atoms with E-state index in [1.165, 1.54) is 0 Å². The Hall–Kier alpha value is -4.17. The molecule has 0 radical (unpaired) electrons. The Labute approximate surface area is 230 Å². The number of ether oxygens (including phenoxy) is 1. The predicted octanol–water partition coefficient (Wildman–Crippen LogP) is 3.03. The first-order chi connectivity index (χ1) is 18.9. The number of carbonyl (C=O) groups excluding carboxylic acids is 3. The molecule has 0 aliphatic rings. The minimum atomic E-state index is -0.842. The van der Waals surface area contributed by atoms with Gasteiger partial charge in [0.2, 0.25) is 17.7 Å². The molecule has 2 atom stereocenters. The van der Waals surface area contributed by atoms with Crippen LogP contribution in [0.25, 0.3) is 0 Å². The van der Waals surface area contributed by atoms with Crippen LogP contribution >= 0.6 is 0 Å². The Morgan fingerprint density at radius 2 is 1.28 bits per heavy atom. The number of carbonyl (C=O) groups is 3. The van der Waals surface area contributed by atoms with Gasteiger partial charge in [-0.3, -0.25) is 14.4 Å². The van der Waals surface area contributed by atoms with E-state index in [1.54, 1.807) is 6.92 Å². The number of benzene rings is 3. The molecular formula is C31H38N4O4. The second-order valence-electron chi connectivity index (χ2n) is 9.24. The van der Waals surface area contributed by atoms with Gasteiger partial charge in [0, 0.05) is 32.4 Å². The summed E-state index contributed by atoms with van der Waals surface area (Å²) in [6, 6.07) is 22.9. The Balaban J connectivity index is 1.75. The number of nitrogens with one attached hydrogen (secondary N) is 3. The molecule has 3 rings (SSSR count). The van der Waals surface area contributed by atoms with Crippen molar-refractivity contribution in [1.82, 2.24) is 16.0 Å². The molecule has 8 nitrogen and oxygen atoms in total. The average molecular weight is 531 g/mol. The zero-order valence-electron chi connectivity index (χ0n) is 22.6. The summed E-state index contributed by atoms with van der Waals surface area (Å²) in [5.74, 6) is -0.242. The van der Waals surface area contributed by atoms with Gasteiger partial charge in [-0.2, -0.15) is 0 Å². The lowest BCUT2D eigenvalue weighted by Gasteiger charge is -2.23. The molecular weight excluding hydrogens is 492 g/mol. The van der Waals surface area contributed by atoms with Crippen LogP contribution in [-0.2, 0) is 40.3 Å². The maximum Gasteiger partial charge on any atom is 0.243 e. The van der Waals surface area contributed by atoms with Crippen molar-refractivity contribution in [3.05, 3.63) is 101 Å². The van der Waals surface area contributed by atoms with Crippen molar-refractivity contribution in [3.8, 4) is 5.75 Å². The van der Waals surface area contributed by atoms with Crippen molar-refractivity contribution in [2.45, 2.75) is 58.3 Å². The monoisotopic (exact) mass is 530 g/mol. The number of nitrogens with two attached hydrogens (primary N) is 1. The van der Waals surface area contributed by atoms with Crippen LogP contribution in [0.3, 0.4) is 0 Å². The van der Waals surface area contributed by atoms with Crippen molar-refractivity contribution in [3.63, 3.8) is 0 Å². The summed E-state index contributed by atoms with van der Waals surface area (Å²) in [4.78, 5) is 39.0. The lowest BCUT2D eigenvalue weighted by atomic mass is 10.0. The quantitative estimate of drug-likeness (QED) is 0.255. The molecule has 39 heavy (non-hydrogen) atoms. The van der Waals surface area contributed by atoms with E-state index in [9.17, 15) is 14.4 Å². The van der Waals surface area contributed by atoms with Crippen LogP contribution in [0.2, 0.25) is 0 Å². The lowest BCUT2D eigenvalue weighted by Crippen LogP contribution is -2.55. The molecule has 2 unspecified atom stereocenters. The molecule has 8 heteroatoms. The van der Waals surface area contributed by atoms with Crippen molar-refractivity contribution < 1.29 is 19.1 Å².